The predicted octanol–water partition coefficient (Wildman–Crippen LogP) is 4.15. The Labute approximate surface area is 128 Å². The lowest BCUT2D eigenvalue weighted by molar-refractivity contribution is 0.252. The van der Waals surface area contributed by atoms with Gasteiger partial charge in [0.05, 0.1) is 0 Å². The molecule has 0 radical (unpaired) electrons. The van der Waals surface area contributed by atoms with Crippen LogP contribution in [0, 0.1) is 6.92 Å². The number of aryl methyl sites for hydroxylation is 1. The van der Waals surface area contributed by atoms with E-state index in [1.54, 1.807) is 0 Å². The molecular weight excluding hydrogens is 262 g/mol. The van der Waals surface area contributed by atoms with Gasteiger partial charge >= 0.3 is 6.03 Å². The Morgan fingerprint density at radius 2 is 1.95 bits per heavy atom. The molecule has 118 valence electrons. The number of hydrogen-bond acceptors (Lipinski definition) is 2. The van der Waals surface area contributed by atoms with Gasteiger partial charge in [-0.2, -0.15) is 0 Å². The number of carbonyl (C=O) groups excluding carboxylic acids is 1. The third kappa shape index (κ3) is 6.06. The lowest BCUT2D eigenvalue weighted by Crippen LogP contribution is -2.29. The standard InChI is InChI=1S/C17H29N3O/c1-5-7-8-9-12-18-17(21)19-16-11-10-15(13-14(16)3)20(4)6-2/h10-11,13H,5-9,12H2,1-4H3,(H2,18,19,21). The van der Waals surface area contributed by atoms with Crippen LogP contribution in [0.2, 0.25) is 0 Å². The van der Waals surface area contributed by atoms with Crippen molar-refractivity contribution in [2.45, 2.75) is 46.5 Å². The lowest BCUT2D eigenvalue weighted by Gasteiger charge is -2.18. The third-order valence-electron chi connectivity index (χ3n) is 3.69. The maximum absolute atomic E-state index is 11.8. The summed E-state index contributed by atoms with van der Waals surface area (Å²) in [6, 6.07) is 5.98. The summed E-state index contributed by atoms with van der Waals surface area (Å²) in [6.07, 6.45) is 4.66. The Hall–Kier alpha value is -1.71. The molecule has 4 nitrogen and oxygen atoms in total. The summed E-state index contributed by atoms with van der Waals surface area (Å²) in [6.45, 7) is 8.02. The second kappa shape index (κ2) is 9.27. The molecule has 21 heavy (non-hydrogen) atoms. The minimum Gasteiger partial charge on any atom is -0.375 e. The molecule has 0 bridgehead atoms. The fraction of sp³-hybridized carbons (Fsp3) is 0.588. The normalized spacial score (nSPS) is 10.3. The summed E-state index contributed by atoms with van der Waals surface area (Å²) >= 11 is 0. The van der Waals surface area contributed by atoms with Gasteiger partial charge in [0, 0.05) is 31.5 Å². The van der Waals surface area contributed by atoms with Crippen LogP contribution >= 0.6 is 0 Å². The number of unbranched alkanes of at least 4 members (excludes halogenated alkanes) is 3. The van der Waals surface area contributed by atoms with Crippen LogP contribution in [0.25, 0.3) is 0 Å². The first kappa shape index (κ1) is 17.3. The summed E-state index contributed by atoms with van der Waals surface area (Å²) in [4.78, 5) is 14.0. The van der Waals surface area contributed by atoms with E-state index in [1.807, 2.05) is 19.1 Å². The van der Waals surface area contributed by atoms with Crippen LogP contribution in [-0.4, -0.2) is 26.2 Å². The lowest BCUT2D eigenvalue weighted by atomic mass is 10.1. The van der Waals surface area contributed by atoms with Gasteiger partial charge < -0.3 is 15.5 Å². The summed E-state index contributed by atoms with van der Waals surface area (Å²) in [5.74, 6) is 0. The van der Waals surface area contributed by atoms with Crippen LogP contribution in [0.3, 0.4) is 0 Å². The van der Waals surface area contributed by atoms with Crippen molar-refractivity contribution >= 4 is 17.4 Å². The van der Waals surface area contributed by atoms with Crippen LogP contribution in [0.5, 0.6) is 0 Å². The average Bonchev–Trinajstić information content (AvgIpc) is 2.48. The van der Waals surface area contributed by atoms with Crippen molar-refractivity contribution in [3.63, 3.8) is 0 Å². The molecule has 0 heterocycles. The highest BCUT2D eigenvalue weighted by Crippen LogP contribution is 2.21. The highest BCUT2D eigenvalue weighted by atomic mass is 16.2. The zero-order valence-electron chi connectivity index (χ0n) is 13.8. The molecule has 0 fully saturated rings. The summed E-state index contributed by atoms with van der Waals surface area (Å²) in [7, 11) is 2.06. The van der Waals surface area contributed by atoms with Gasteiger partial charge in [0.15, 0.2) is 0 Å². The van der Waals surface area contributed by atoms with Gasteiger partial charge in [-0.25, -0.2) is 4.79 Å². The Morgan fingerprint density at radius 3 is 2.57 bits per heavy atom. The van der Waals surface area contributed by atoms with Crippen LogP contribution in [-0.2, 0) is 0 Å². The van der Waals surface area contributed by atoms with Gasteiger partial charge in [-0.3, -0.25) is 0 Å². The summed E-state index contributed by atoms with van der Waals surface area (Å²) < 4.78 is 0. The first-order valence-corrected chi connectivity index (χ1v) is 7.95. The van der Waals surface area contributed by atoms with Crippen molar-refractivity contribution < 1.29 is 4.79 Å². The predicted molar refractivity (Wildman–Crippen MR) is 91.3 cm³/mol. The van der Waals surface area contributed by atoms with Crippen LogP contribution in [0.4, 0.5) is 16.2 Å². The zero-order valence-corrected chi connectivity index (χ0v) is 13.8. The van der Waals surface area contributed by atoms with Gasteiger partial charge in [0.25, 0.3) is 0 Å². The number of urea groups is 1. The van der Waals surface area contributed by atoms with Crippen molar-refractivity contribution in [2.75, 3.05) is 30.4 Å². The Kier molecular flexibility index (Phi) is 7.65. The molecule has 0 atom stereocenters. The number of benzene rings is 1. The smallest absolute Gasteiger partial charge is 0.319 e. The molecule has 4 heteroatoms. The van der Waals surface area contributed by atoms with E-state index < -0.39 is 0 Å². The molecule has 0 aliphatic carbocycles. The van der Waals surface area contributed by atoms with Crippen molar-refractivity contribution in [1.29, 1.82) is 0 Å². The van der Waals surface area contributed by atoms with E-state index in [4.69, 9.17) is 0 Å². The SMILES string of the molecule is CCCCCCNC(=O)Nc1ccc(N(C)CC)cc1C. The van der Waals surface area contributed by atoms with Crippen molar-refractivity contribution in [3.8, 4) is 0 Å². The molecule has 1 aromatic carbocycles. The van der Waals surface area contributed by atoms with E-state index in [2.05, 4.69) is 42.5 Å². The van der Waals surface area contributed by atoms with E-state index in [1.165, 1.54) is 24.9 Å². The minimum atomic E-state index is -0.119. The molecule has 1 rings (SSSR count). The largest absolute Gasteiger partial charge is 0.375 e. The van der Waals surface area contributed by atoms with E-state index in [-0.39, 0.29) is 6.03 Å². The van der Waals surface area contributed by atoms with E-state index in [0.717, 1.165) is 30.8 Å². The Morgan fingerprint density at radius 1 is 1.19 bits per heavy atom. The topological polar surface area (TPSA) is 44.4 Å². The van der Waals surface area contributed by atoms with Crippen LogP contribution < -0.4 is 15.5 Å². The Balaban J connectivity index is 2.45. The molecule has 0 saturated carbocycles. The maximum atomic E-state index is 11.8. The molecule has 0 aliphatic rings. The van der Waals surface area contributed by atoms with Crippen molar-refractivity contribution in [2.24, 2.45) is 0 Å². The first-order chi connectivity index (χ1) is 10.1. The highest BCUT2D eigenvalue weighted by molar-refractivity contribution is 5.90. The number of nitrogens with one attached hydrogen (secondary N) is 2. The number of anilines is 2. The van der Waals surface area contributed by atoms with Gasteiger partial charge in [0.2, 0.25) is 0 Å². The fourth-order valence-electron chi connectivity index (χ4n) is 2.13. The van der Waals surface area contributed by atoms with Gasteiger partial charge in [0.1, 0.15) is 0 Å². The summed E-state index contributed by atoms with van der Waals surface area (Å²) in [5, 5.41) is 5.82. The van der Waals surface area contributed by atoms with Crippen LogP contribution in [0.15, 0.2) is 18.2 Å². The van der Waals surface area contributed by atoms with Crippen molar-refractivity contribution in [1.82, 2.24) is 5.32 Å². The molecule has 1 aromatic rings. The molecule has 0 spiro atoms. The maximum Gasteiger partial charge on any atom is 0.319 e. The molecule has 0 unspecified atom stereocenters. The number of amides is 2. The molecule has 0 aliphatic heterocycles. The Bertz CT molecular complexity index is 446. The van der Waals surface area contributed by atoms with E-state index >= 15 is 0 Å². The third-order valence-corrected chi connectivity index (χ3v) is 3.69. The number of hydrogen-bond donors (Lipinski definition) is 2. The summed E-state index contributed by atoms with van der Waals surface area (Å²) in [5.41, 5.74) is 3.11. The molecule has 0 saturated heterocycles. The number of rotatable bonds is 8. The minimum absolute atomic E-state index is 0.119. The zero-order chi connectivity index (χ0) is 15.7. The second-order valence-corrected chi connectivity index (χ2v) is 5.45. The fourth-order valence-corrected chi connectivity index (χ4v) is 2.13. The van der Waals surface area contributed by atoms with E-state index in [9.17, 15) is 4.79 Å². The van der Waals surface area contributed by atoms with Gasteiger partial charge in [-0.05, 0) is 44.0 Å². The van der Waals surface area contributed by atoms with Gasteiger partial charge in [-0.1, -0.05) is 26.2 Å². The quantitative estimate of drug-likeness (QED) is 0.707. The first-order valence-electron chi connectivity index (χ1n) is 7.95. The monoisotopic (exact) mass is 291 g/mol. The van der Waals surface area contributed by atoms with Crippen LogP contribution in [0.1, 0.15) is 45.1 Å². The number of nitrogens with zero attached hydrogens (tertiary/aromatic N) is 1. The molecule has 2 N–H and O–H groups in total. The van der Waals surface area contributed by atoms with E-state index in [0.29, 0.717) is 0 Å². The molecular formula is C17H29N3O. The molecule has 2 amide bonds. The number of carbonyl (C=O) groups is 1. The van der Waals surface area contributed by atoms with Gasteiger partial charge in [-0.15, -0.1) is 0 Å². The molecule has 0 aromatic heterocycles. The van der Waals surface area contributed by atoms with Crippen molar-refractivity contribution in [3.05, 3.63) is 23.8 Å². The second-order valence-electron chi connectivity index (χ2n) is 5.45. The average molecular weight is 291 g/mol. The highest BCUT2D eigenvalue weighted by Gasteiger charge is 2.06.